The largest absolute Gasteiger partial charge is 0.573 e. The number of nitrogens with one attached hydrogen (secondary N) is 1. The SMILES string of the molecule is CC(C)(C)NCc1ccc(OC(F)(F)F)c(F)c1. The Labute approximate surface area is 103 Å². The van der Waals surface area contributed by atoms with E-state index in [0.29, 0.717) is 12.1 Å². The van der Waals surface area contributed by atoms with Gasteiger partial charge in [0.1, 0.15) is 0 Å². The molecule has 0 amide bonds. The van der Waals surface area contributed by atoms with Gasteiger partial charge in [-0.3, -0.25) is 0 Å². The number of alkyl halides is 3. The lowest BCUT2D eigenvalue weighted by Gasteiger charge is -2.20. The van der Waals surface area contributed by atoms with E-state index in [1.165, 1.54) is 6.07 Å². The number of ether oxygens (including phenoxy) is 1. The van der Waals surface area contributed by atoms with Crippen molar-refractivity contribution < 1.29 is 22.3 Å². The summed E-state index contributed by atoms with van der Waals surface area (Å²) < 4.78 is 52.7. The number of halogens is 4. The Morgan fingerprint density at radius 2 is 1.78 bits per heavy atom. The van der Waals surface area contributed by atoms with Gasteiger partial charge in [-0.15, -0.1) is 13.2 Å². The molecule has 6 heteroatoms. The van der Waals surface area contributed by atoms with Crippen molar-refractivity contribution in [3.8, 4) is 5.75 Å². The number of benzene rings is 1. The summed E-state index contributed by atoms with van der Waals surface area (Å²) in [6.45, 7) is 6.17. The maximum atomic E-state index is 13.3. The Morgan fingerprint density at radius 1 is 1.17 bits per heavy atom. The third-order valence-electron chi connectivity index (χ3n) is 2.04. The summed E-state index contributed by atoms with van der Waals surface area (Å²) in [5.74, 6) is -1.84. The van der Waals surface area contributed by atoms with Crippen LogP contribution in [0.4, 0.5) is 17.6 Å². The van der Waals surface area contributed by atoms with Gasteiger partial charge in [0, 0.05) is 12.1 Å². The highest BCUT2D eigenvalue weighted by Crippen LogP contribution is 2.26. The summed E-state index contributed by atoms with van der Waals surface area (Å²) in [6, 6.07) is 3.39. The summed E-state index contributed by atoms with van der Waals surface area (Å²) in [4.78, 5) is 0. The minimum atomic E-state index is -4.88. The molecular formula is C12H15F4NO. The van der Waals surface area contributed by atoms with Gasteiger partial charge in [-0.1, -0.05) is 6.07 Å². The Balaban J connectivity index is 2.74. The van der Waals surface area contributed by atoms with Crippen molar-refractivity contribution in [1.29, 1.82) is 0 Å². The molecule has 0 unspecified atom stereocenters. The molecule has 1 aromatic rings. The van der Waals surface area contributed by atoms with Crippen LogP contribution in [0.5, 0.6) is 5.75 Å². The van der Waals surface area contributed by atoms with Crippen molar-refractivity contribution >= 4 is 0 Å². The second kappa shape index (κ2) is 5.14. The third-order valence-corrected chi connectivity index (χ3v) is 2.04. The zero-order valence-electron chi connectivity index (χ0n) is 10.4. The monoisotopic (exact) mass is 265 g/mol. The van der Waals surface area contributed by atoms with Gasteiger partial charge >= 0.3 is 6.36 Å². The zero-order valence-corrected chi connectivity index (χ0v) is 10.4. The van der Waals surface area contributed by atoms with Crippen molar-refractivity contribution in [2.75, 3.05) is 0 Å². The van der Waals surface area contributed by atoms with E-state index in [-0.39, 0.29) is 5.54 Å². The van der Waals surface area contributed by atoms with Crippen LogP contribution < -0.4 is 10.1 Å². The number of hydrogen-bond donors (Lipinski definition) is 1. The predicted molar refractivity (Wildman–Crippen MR) is 59.7 cm³/mol. The van der Waals surface area contributed by atoms with E-state index >= 15 is 0 Å². The molecule has 18 heavy (non-hydrogen) atoms. The Bertz CT molecular complexity index is 410. The molecule has 0 heterocycles. The van der Waals surface area contributed by atoms with Crippen molar-refractivity contribution in [3.63, 3.8) is 0 Å². The van der Waals surface area contributed by atoms with Crippen LogP contribution in [0.2, 0.25) is 0 Å². The van der Waals surface area contributed by atoms with Gasteiger partial charge in [0.2, 0.25) is 0 Å². The first-order chi connectivity index (χ1) is 8.07. The van der Waals surface area contributed by atoms with Crippen LogP contribution in [0.3, 0.4) is 0 Å². The first-order valence-electron chi connectivity index (χ1n) is 5.36. The second-order valence-electron chi connectivity index (χ2n) is 4.92. The highest BCUT2D eigenvalue weighted by atomic mass is 19.4. The summed E-state index contributed by atoms with van der Waals surface area (Å²) in [5.41, 5.74) is 0.398. The van der Waals surface area contributed by atoms with Gasteiger partial charge in [-0.05, 0) is 38.5 Å². The summed E-state index contributed by atoms with van der Waals surface area (Å²) in [6.07, 6.45) is -4.88. The molecule has 1 rings (SSSR count). The summed E-state index contributed by atoms with van der Waals surface area (Å²) in [7, 11) is 0. The lowest BCUT2D eigenvalue weighted by atomic mass is 10.1. The van der Waals surface area contributed by atoms with E-state index in [0.717, 1.165) is 12.1 Å². The fourth-order valence-corrected chi connectivity index (χ4v) is 1.23. The molecule has 0 aliphatic carbocycles. The average Bonchev–Trinajstić information content (AvgIpc) is 2.15. The minimum Gasteiger partial charge on any atom is -0.403 e. The standard InChI is InChI=1S/C12H15F4NO/c1-11(2,3)17-7-8-4-5-10(9(13)6-8)18-12(14,15)16/h4-6,17H,7H2,1-3H3. The smallest absolute Gasteiger partial charge is 0.403 e. The minimum absolute atomic E-state index is 0.155. The van der Waals surface area contributed by atoms with E-state index in [1.54, 1.807) is 0 Å². The lowest BCUT2D eigenvalue weighted by molar-refractivity contribution is -0.275. The fraction of sp³-hybridized carbons (Fsp3) is 0.500. The summed E-state index contributed by atoms with van der Waals surface area (Å²) >= 11 is 0. The topological polar surface area (TPSA) is 21.3 Å². The van der Waals surface area contributed by atoms with E-state index in [4.69, 9.17) is 0 Å². The van der Waals surface area contributed by atoms with E-state index in [9.17, 15) is 17.6 Å². The lowest BCUT2D eigenvalue weighted by Crippen LogP contribution is -2.35. The summed E-state index contributed by atoms with van der Waals surface area (Å²) in [5, 5.41) is 3.10. The van der Waals surface area contributed by atoms with E-state index in [2.05, 4.69) is 10.1 Å². The van der Waals surface area contributed by atoms with Crippen LogP contribution in [-0.4, -0.2) is 11.9 Å². The number of hydrogen-bond acceptors (Lipinski definition) is 2. The zero-order chi connectivity index (χ0) is 14.0. The predicted octanol–water partition coefficient (Wildman–Crippen LogP) is 3.61. The average molecular weight is 265 g/mol. The molecule has 0 aliphatic heterocycles. The normalized spacial score (nSPS) is 12.6. The molecule has 0 fully saturated rings. The van der Waals surface area contributed by atoms with Gasteiger partial charge in [0.15, 0.2) is 11.6 Å². The molecule has 1 N–H and O–H groups in total. The van der Waals surface area contributed by atoms with E-state index in [1.807, 2.05) is 20.8 Å². The van der Waals surface area contributed by atoms with Crippen LogP contribution in [0.15, 0.2) is 18.2 Å². The highest BCUT2D eigenvalue weighted by Gasteiger charge is 2.32. The molecule has 0 saturated carbocycles. The van der Waals surface area contributed by atoms with Crippen LogP contribution >= 0.6 is 0 Å². The molecule has 2 nitrogen and oxygen atoms in total. The van der Waals surface area contributed by atoms with Gasteiger partial charge in [-0.25, -0.2) is 4.39 Å². The molecule has 0 spiro atoms. The second-order valence-corrected chi connectivity index (χ2v) is 4.92. The molecule has 0 aromatic heterocycles. The van der Waals surface area contributed by atoms with Crippen molar-refractivity contribution in [2.24, 2.45) is 0 Å². The van der Waals surface area contributed by atoms with Crippen LogP contribution in [0, 0.1) is 5.82 Å². The molecule has 0 aliphatic rings. The Kier molecular flexibility index (Phi) is 4.21. The van der Waals surface area contributed by atoms with Crippen molar-refractivity contribution in [1.82, 2.24) is 5.32 Å². The maximum absolute atomic E-state index is 13.3. The molecular weight excluding hydrogens is 250 g/mol. The first kappa shape index (κ1) is 14.8. The maximum Gasteiger partial charge on any atom is 0.573 e. The van der Waals surface area contributed by atoms with Crippen LogP contribution in [0.25, 0.3) is 0 Å². The van der Waals surface area contributed by atoms with Crippen LogP contribution in [0.1, 0.15) is 26.3 Å². The molecule has 0 bridgehead atoms. The van der Waals surface area contributed by atoms with Gasteiger partial charge in [-0.2, -0.15) is 0 Å². The molecule has 1 aromatic carbocycles. The first-order valence-corrected chi connectivity index (χ1v) is 5.36. The third kappa shape index (κ3) is 5.35. The van der Waals surface area contributed by atoms with Crippen molar-refractivity contribution in [2.45, 2.75) is 39.2 Å². The van der Waals surface area contributed by atoms with E-state index < -0.39 is 17.9 Å². The number of rotatable bonds is 3. The fourth-order valence-electron chi connectivity index (χ4n) is 1.23. The van der Waals surface area contributed by atoms with Crippen molar-refractivity contribution in [3.05, 3.63) is 29.6 Å². The van der Waals surface area contributed by atoms with Gasteiger partial charge < -0.3 is 10.1 Å². The Morgan fingerprint density at radius 3 is 2.22 bits per heavy atom. The molecule has 0 saturated heterocycles. The molecule has 102 valence electrons. The Hall–Kier alpha value is -1.30. The highest BCUT2D eigenvalue weighted by molar-refractivity contribution is 5.29. The van der Waals surface area contributed by atoms with Crippen LogP contribution in [-0.2, 0) is 6.54 Å². The molecule has 0 atom stereocenters. The van der Waals surface area contributed by atoms with Gasteiger partial charge in [0.05, 0.1) is 0 Å². The quantitative estimate of drug-likeness (QED) is 0.843. The van der Waals surface area contributed by atoms with Gasteiger partial charge in [0.25, 0.3) is 0 Å². The molecule has 0 radical (unpaired) electrons.